The van der Waals surface area contributed by atoms with E-state index in [1.807, 2.05) is 19.1 Å². The molecule has 94 valence electrons. The number of thioether (sulfide) groups is 1. The fraction of sp³-hybridized carbons (Fsp3) is 0.286. The molecule has 0 radical (unpaired) electrons. The van der Waals surface area contributed by atoms with Gasteiger partial charge in [-0.3, -0.25) is 4.79 Å². The van der Waals surface area contributed by atoms with E-state index in [9.17, 15) is 4.79 Å². The minimum atomic E-state index is -0.225. The summed E-state index contributed by atoms with van der Waals surface area (Å²) in [6, 6.07) is 9.40. The Labute approximate surface area is 111 Å². The molecule has 0 N–H and O–H groups in total. The molecule has 0 saturated heterocycles. The van der Waals surface area contributed by atoms with Crippen molar-refractivity contribution in [1.29, 1.82) is 5.26 Å². The first-order valence-electron chi connectivity index (χ1n) is 5.48. The fourth-order valence-corrected chi connectivity index (χ4v) is 1.95. The van der Waals surface area contributed by atoms with Gasteiger partial charge in [-0.2, -0.15) is 5.26 Å². The Bertz CT molecular complexity index is 460. The molecule has 3 nitrogen and oxygen atoms in total. The lowest BCUT2D eigenvalue weighted by Crippen LogP contribution is -2.08. The van der Waals surface area contributed by atoms with Crippen LogP contribution in [0.5, 0.6) is 0 Å². The van der Waals surface area contributed by atoms with Gasteiger partial charge in [0.15, 0.2) is 0 Å². The predicted molar refractivity (Wildman–Crippen MR) is 73.1 cm³/mol. The minimum absolute atomic E-state index is 0.225. The molecule has 0 aliphatic rings. The topological polar surface area (TPSA) is 50.1 Å². The minimum Gasteiger partial charge on any atom is -0.461 e. The number of hydrogen-bond acceptors (Lipinski definition) is 4. The summed E-state index contributed by atoms with van der Waals surface area (Å²) < 4.78 is 4.98. The maximum atomic E-state index is 11.3. The van der Waals surface area contributed by atoms with Crippen LogP contribution in [0.25, 0.3) is 0 Å². The van der Waals surface area contributed by atoms with Gasteiger partial charge in [-0.05, 0) is 30.2 Å². The van der Waals surface area contributed by atoms with Crippen molar-refractivity contribution >= 4 is 17.7 Å². The third-order valence-electron chi connectivity index (χ3n) is 2.05. The second kappa shape index (κ2) is 7.57. The van der Waals surface area contributed by atoms with Gasteiger partial charge >= 0.3 is 5.97 Å². The Kier molecular flexibility index (Phi) is 6.03. The number of nitrogens with zero attached hydrogens (tertiary/aromatic N) is 1. The Balaban J connectivity index is 2.26. The van der Waals surface area contributed by atoms with E-state index in [-0.39, 0.29) is 12.6 Å². The highest BCUT2D eigenvalue weighted by Gasteiger charge is 2.03. The molecule has 1 aromatic rings. The summed E-state index contributed by atoms with van der Waals surface area (Å²) in [4.78, 5) is 11.3. The molecular weight excluding hydrogens is 246 g/mol. The maximum Gasteiger partial charge on any atom is 0.316 e. The zero-order valence-corrected chi connectivity index (χ0v) is 11.1. The van der Waals surface area contributed by atoms with E-state index in [0.717, 1.165) is 16.9 Å². The molecule has 0 heterocycles. The molecule has 0 spiro atoms. The first-order valence-corrected chi connectivity index (χ1v) is 6.64. The van der Waals surface area contributed by atoms with E-state index in [4.69, 9.17) is 10.00 Å². The highest BCUT2D eigenvalue weighted by molar-refractivity contribution is 7.99. The normalized spacial score (nSPS) is 9.56. The highest BCUT2D eigenvalue weighted by Crippen LogP contribution is 2.13. The van der Waals surface area contributed by atoms with Crippen LogP contribution < -0.4 is 0 Å². The summed E-state index contributed by atoms with van der Waals surface area (Å²) in [5.74, 6) is 0.831. The molecule has 0 saturated carbocycles. The van der Waals surface area contributed by atoms with Crippen molar-refractivity contribution in [1.82, 2.24) is 0 Å². The molecule has 1 rings (SSSR count). The summed E-state index contributed by atoms with van der Waals surface area (Å²) >= 11 is 1.49. The average molecular weight is 261 g/mol. The van der Waals surface area contributed by atoms with Gasteiger partial charge in [0.2, 0.25) is 0 Å². The standard InChI is InChI=1S/C14H15NO2S/c1-11(2)8-17-14(16)10-18-9-13-5-3-12(7-15)4-6-13/h3-6H,1,8-10H2,2H3. The van der Waals surface area contributed by atoms with Gasteiger partial charge in [-0.1, -0.05) is 18.7 Å². The number of carbonyl (C=O) groups is 1. The monoisotopic (exact) mass is 261 g/mol. The quantitative estimate of drug-likeness (QED) is 0.583. The van der Waals surface area contributed by atoms with Crippen LogP contribution in [0.2, 0.25) is 0 Å². The van der Waals surface area contributed by atoms with Crippen molar-refractivity contribution in [2.75, 3.05) is 12.4 Å². The summed E-state index contributed by atoms with van der Waals surface area (Å²) in [6.45, 7) is 5.77. The van der Waals surface area contributed by atoms with E-state index in [1.54, 1.807) is 12.1 Å². The van der Waals surface area contributed by atoms with Crippen molar-refractivity contribution < 1.29 is 9.53 Å². The lowest BCUT2D eigenvalue weighted by molar-refractivity contribution is -0.139. The van der Waals surface area contributed by atoms with E-state index >= 15 is 0 Å². The number of rotatable bonds is 6. The average Bonchev–Trinajstić information content (AvgIpc) is 2.37. The van der Waals surface area contributed by atoms with E-state index < -0.39 is 0 Å². The predicted octanol–water partition coefficient (Wildman–Crippen LogP) is 2.91. The molecule has 0 bridgehead atoms. The molecular formula is C14H15NO2S. The third-order valence-corrected chi connectivity index (χ3v) is 3.03. The van der Waals surface area contributed by atoms with Crippen molar-refractivity contribution in [3.05, 3.63) is 47.5 Å². The summed E-state index contributed by atoms with van der Waals surface area (Å²) in [5.41, 5.74) is 2.57. The van der Waals surface area contributed by atoms with Crippen LogP contribution in [-0.4, -0.2) is 18.3 Å². The van der Waals surface area contributed by atoms with Crippen molar-refractivity contribution in [2.45, 2.75) is 12.7 Å². The van der Waals surface area contributed by atoms with Crippen LogP contribution >= 0.6 is 11.8 Å². The fourth-order valence-electron chi connectivity index (χ4n) is 1.17. The number of nitriles is 1. The van der Waals surface area contributed by atoms with Gasteiger partial charge in [0.25, 0.3) is 0 Å². The molecule has 0 unspecified atom stereocenters. The second-order valence-electron chi connectivity index (χ2n) is 3.92. The van der Waals surface area contributed by atoms with Crippen molar-refractivity contribution in [3.63, 3.8) is 0 Å². The number of esters is 1. The first-order chi connectivity index (χ1) is 8.61. The largest absolute Gasteiger partial charge is 0.461 e. The number of ether oxygens (including phenoxy) is 1. The van der Waals surface area contributed by atoms with Gasteiger partial charge in [-0.25, -0.2) is 0 Å². The SMILES string of the molecule is C=C(C)COC(=O)CSCc1ccc(C#N)cc1. The van der Waals surface area contributed by atoms with E-state index in [0.29, 0.717) is 11.3 Å². The van der Waals surface area contributed by atoms with Gasteiger partial charge in [-0.15, -0.1) is 11.8 Å². The van der Waals surface area contributed by atoms with Crippen LogP contribution in [0.1, 0.15) is 18.1 Å². The lowest BCUT2D eigenvalue weighted by atomic mass is 10.2. The number of carbonyl (C=O) groups excluding carboxylic acids is 1. The van der Waals surface area contributed by atoms with Gasteiger partial charge in [0.05, 0.1) is 17.4 Å². The lowest BCUT2D eigenvalue weighted by Gasteiger charge is -2.04. The zero-order chi connectivity index (χ0) is 13.4. The Morgan fingerprint density at radius 1 is 1.44 bits per heavy atom. The van der Waals surface area contributed by atoms with E-state index in [1.165, 1.54) is 11.8 Å². The second-order valence-corrected chi connectivity index (χ2v) is 4.90. The van der Waals surface area contributed by atoms with E-state index in [2.05, 4.69) is 12.6 Å². The molecule has 4 heteroatoms. The smallest absolute Gasteiger partial charge is 0.316 e. The van der Waals surface area contributed by atoms with Gasteiger partial charge < -0.3 is 4.74 Å². The first kappa shape index (κ1) is 14.3. The van der Waals surface area contributed by atoms with Crippen molar-refractivity contribution in [2.24, 2.45) is 0 Å². The summed E-state index contributed by atoms with van der Waals surface area (Å²) in [7, 11) is 0. The van der Waals surface area contributed by atoms with Crippen LogP contribution in [0.15, 0.2) is 36.4 Å². The Hall–Kier alpha value is -1.73. The molecule has 18 heavy (non-hydrogen) atoms. The Morgan fingerprint density at radius 2 is 2.11 bits per heavy atom. The Morgan fingerprint density at radius 3 is 2.67 bits per heavy atom. The number of hydrogen-bond donors (Lipinski definition) is 0. The molecule has 0 fully saturated rings. The number of benzene rings is 1. The molecule has 0 amide bonds. The zero-order valence-electron chi connectivity index (χ0n) is 10.3. The van der Waals surface area contributed by atoms with Crippen molar-refractivity contribution in [3.8, 4) is 6.07 Å². The van der Waals surface area contributed by atoms with Crippen LogP contribution in [0, 0.1) is 11.3 Å². The van der Waals surface area contributed by atoms with Gasteiger partial charge in [0.1, 0.15) is 6.61 Å². The van der Waals surface area contributed by atoms with Gasteiger partial charge in [0, 0.05) is 5.75 Å². The highest BCUT2D eigenvalue weighted by atomic mass is 32.2. The van der Waals surface area contributed by atoms with Crippen LogP contribution in [0.4, 0.5) is 0 Å². The maximum absolute atomic E-state index is 11.3. The van der Waals surface area contributed by atoms with Crippen LogP contribution in [-0.2, 0) is 15.3 Å². The summed E-state index contributed by atoms with van der Waals surface area (Å²) in [5, 5.41) is 8.66. The third kappa shape index (κ3) is 5.55. The molecule has 0 aliphatic carbocycles. The van der Waals surface area contributed by atoms with Crippen LogP contribution in [0.3, 0.4) is 0 Å². The molecule has 1 aromatic carbocycles. The molecule has 0 atom stereocenters. The summed E-state index contributed by atoms with van der Waals surface area (Å²) in [6.07, 6.45) is 0. The molecule has 0 aromatic heterocycles. The molecule has 0 aliphatic heterocycles.